The minimum atomic E-state index is -0.157. The highest BCUT2D eigenvalue weighted by atomic mass is 32.2. The molecule has 4 aromatic rings. The van der Waals surface area contributed by atoms with E-state index in [1.54, 1.807) is 48.0 Å². The Hall–Kier alpha value is -3.43. The van der Waals surface area contributed by atoms with Gasteiger partial charge in [-0.2, -0.15) is 0 Å². The maximum Gasteiger partial charge on any atom is 0.234 e. The molecule has 160 valence electrons. The van der Waals surface area contributed by atoms with Gasteiger partial charge in [-0.05, 0) is 62.4 Å². The second-order valence-corrected chi connectivity index (χ2v) is 8.90. The summed E-state index contributed by atoms with van der Waals surface area (Å²) in [4.78, 5) is 33.3. The van der Waals surface area contributed by atoms with Gasteiger partial charge >= 0.3 is 0 Å². The van der Waals surface area contributed by atoms with Crippen molar-refractivity contribution in [1.82, 2.24) is 20.2 Å². The van der Waals surface area contributed by atoms with Crippen LogP contribution in [0, 0.1) is 6.92 Å². The molecule has 0 fully saturated rings. The highest BCUT2D eigenvalue weighted by Crippen LogP contribution is 2.34. The molecule has 3 aromatic heterocycles. The number of aryl methyl sites for hydroxylation is 1. The van der Waals surface area contributed by atoms with Crippen LogP contribution in [0.3, 0.4) is 0 Å². The lowest BCUT2D eigenvalue weighted by molar-refractivity contribution is -0.113. The van der Waals surface area contributed by atoms with Crippen LogP contribution in [0.1, 0.15) is 23.0 Å². The van der Waals surface area contributed by atoms with Crippen molar-refractivity contribution in [2.45, 2.75) is 18.9 Å². The summed E-state index contributed by atoms with van der Waals surface area (Å²) in [5, 5.41) is 12.9. The van der Waals surface area contributed by atoms with E-state index < -0.39 is 0 Å². The smallest absolute Gasteiger partial charge is 0.234 e. The van der Waals surface area contributed by atoms with E-state index in [4.69, 9.17) is 0 Å². The third-order valence-electron chi connectivity index (χ3n) is 4.50. The fraction of sp³-hybridized carbons (Fsp3) is 0.130. The number of pyridine rings is 1. The molecule has 0 aliphatic heterocycles. The van der Waals surface area contributed by atoms with Gasteiger partial charge in [0.15, 0.2) is 5.78 Å². The van der Waals surface area contributed by atoms with Gasteiger partial charge in [-0.3, -0.25) is 14.6 Å². The first-order valence-corrected chi connectivity index (χ1v) is 11.6. The third kappa shape index (κ3) is 5.24. The monoisotopic (exact) mass is 461 g/mol. The zero-order valence-electron chi connectivity index (χ0n) is 17.4. The maximum absolute atomic E-state index is 12.2. The summed E-state index contributed by atoms with van der Waals surface area (Å²) in [6.45, 7) is 3.45. The summed E-state index contributed by atoms with van der Waals surface area (Å²) in [6, 6.07) is 14.4. The van der Waals surface area contributed by atoms with E-state index in [0.717, 1.165) is 26.8 Å². The largest absolute Gasteiger partial charge is 0.325 e. The maximum atomic E-state index is 12.2. The number of Topliss-reactive ketones (excluding diaryl/α,β-unsaturated/α-hetero) is 1. The quantitative estimate of drug-likeness (QED) is 0.309. The molecule has 0 radical (unpaired) electrons. The molecule has 0 bridgehead atoms. The van der Waals surface area contributed by atoms with E-state index in [2.05, 4.69) is 25.5 Å². The summed E-state index contributed by atoms with van der Waals surface area (Å²) in [5.41, 5.74) is 3.85. The number of hydrogen-bond acceptors (Lipinski definition) is 8. The van der Waals surface area contributed by atoms with Crippen molar-refractivity contribution in [3.8, 4) is 21.1 Å². The van der Waals surface area contributed by atoms with Crippen molar-refractivity contribution >= 4 is 40.5 Å². The van der Waals surface area contributed by atoms with Gasteiger partial charge in [0.1, 0.15) is 15.7 Å². The molecule has 4 rings (SSSR count). The molecule has 0 aliphatic carbocycles. The Morgan fingerprint density at radius 2 is 1.88 bits per heavy atom. The predicted octanol–water partition coefficient (Wildman–Crippen LogP) is 4.90. The second-order valence-electron chi connectivity index (χ2n) is 6.90. The molecule has 0 unspecified atom stereocenters. The molecule has 1 N–H and O–H groups in total. The molecule has 7 nitrogen and oxygen atoms in total. The lowest BCUT2D eigenvalue weighted by Crippen LogP contribution is -2.14. The number of benzene rings is 1. The van der Waals surface area contributed by atoms with Gasteiger partial charge in [0, 0.05) is 29.2 Å². The van der Waals surface area contributed by atoms with Crippen LogP contribution in [0.25, 0.3) is 21.1 Å². The van der Waals surface area contributed by atoms with Gasteiger partial charge in [-0.25, -0.2) is 4.98 Å². The van der Waals surface area contributed by atoms with Crippen LogP contribution in [0.2, 0.25) is 0 Å². The van der Waals surface area contributed by atoms with E-state index in [9.17, 15) is 9.59 Å². The molecule has 0 spiro atoms. The predicted molar refractivity (Wildman–Crippen MR) is 127 cm³/mol. The number of aromatic nitrogens is 4. The number of thiazole rings is 1. The average molecular weight is 462 g/mol. The Balaban J connectivity index is 1.36. The van der Waals surface area contributed by atoms with Gasteiger partial charge in [-0.1, -0.05) is 11.8 Å². The van der Waals surface area contributed by atoms with Crippen molar-refractivity contribution in [1.29, 1.82) is 0 Å². The Morgan fingerprint density at radius 1 is 1.06 bits per heavy atom. The topological polar surface area (TPSA) is 97.7 Å². The number of anilines is 1. The number of carbonyl (C=O) groups excluding carboxylic acids is 2. The van der Waals surface area contributed by atoms with E-state index >= 15 is 0 Å². The molecule has 9 heteroatoms. The second kappa shape index (κ2) is 9.80. The van der Waals surface area contributed by atoms with Crippen LogP contribution in [-0.4, -0.2) is 37.6 Å². The number of nitrogens with one attached hydrogen (secondary N) is 1. The van der Waals surface area contributed by atoms with Crippen molar-refractivity contribution in [2.75, 3.05) is 11.1 Å². The van der Waals surface area contributed by atoms with Crippen LogP contribution < -0.4 is 5.32 Å². The Morgan fingerprint density at radius 3 is 2.53 bits per heavy atom. The van der Waals surface area contributed by atoms with Crippen LogP contribution in [0.15, 0.2) is 66.0 Å². The molecular weight excluding hydrogens is 442 g/mol. The molecule has 1 amide bonds. The molecule has 0 atom stereocenters. The first kappa shape index (κ1) is 21.8. The molecule has 0 aliphatic rings. The van der Waals surface area contributed by atoms with E-state index in [-0.39, 0.29) is 17.4 Å². The van der Waals surface area contributed by atoms with Gasteiger partial charge in [0.2, 0.25) is 5.91 Å². The van der Waals surface area contributed by atoms with Crippen LogP contribution in [-0.2, 0) is 4.79 Å². The molecule has 0 saturated carbocycles. The zero-order chi connectivity index (χ0) is 22.5. The first-order chi connectivity index (χ1) is 15.5. The van der Waals surface area contributed by atoms with Crippen molar-refractivity contribution in [2.24, 2.45) is 0 Å². The van der Waals surface area contributed by atoms with Crippen LogP contribution in [0.4, 0.5) is 5.69 Å². The fourth-order valence-electron chi connectivity index (χ4n) is 2.89. The summed E-state index contributed by atoms with van der Waals surface area (Å²) in [7, 11) is 0. The van der Waals surface area contributed by atoms with Crippen LogP contribution in [0.5, 0.6) is 0 Å². The number of hydrogen-bond donors (Lipinski definition) is 1. The van der Waals surface area contributed by atoms with Gasteiger partial charge < -0.3 is 5.32 Å². The van der Waals surface area contributed by atoms with E-state index in [1.165, 1.54) is 18.7 Å². The number of nitrogens with zero attached hydrogens (tertiary/aromatic N) is 4. The van der Waals surface area contributed by atoms with Crippen LogP contribution >= 0.6 is 23.1 Å². The molecule has 3 heterocycles. The van der Waals surface area contributed by atoms with Gasteiger partial charge in [0.25, 0.3) is 0 Å². The SMILES string of the molecule is CC(=O)c1ccc(NC(=O)CSc2ccc(-c3sc(-c4cccnc4)nc3C)nn2)cc1. The molecule has 1 aromatic carbocycles. The molecule has 32 heavy (non-hydrogen) atoms. The summed E-state index contributed by atoms with van der Waals surface area (Å²) in [6.07, 6.45) is 3.52. The number of carbonyl (C=O) groups is 2. The summed E-state index contributed by atoms with van der Waals surface area (Å²) in [5.74, 6) is 0.0332. The number of thioether (sulfide) groups is 1. The third-order valence-corrected chi connectivity index (χ3v) is 6.65. The van der Waals surface area contributed by atoms with E-state index in [0.29, 0.717) is 16.3 Å². The fourth-order valence-corrected chi connectivity index (χ4v) is 4.53. The molecular formula is C23H19N5O2S2. The standard InChI is InChI=1S/C23H19N5O2S2/c1-14-22(32-23(25-14)17-4-3-11-24-12-17)19-9-10-21(28-27-19)31-13-20(30)26-18-7-5-16(6-8-18)15(2)29/h3-12H,13H2,1-2H3,(H,26,30). The average Bonchev–Trinajstić information content (AvgIpc) is 3.20. The summed E-state index contributed by atoms with van der Waals surface area (Å²) >= 11 is 2.85. The lowest BCUT2D eigenvalue weighted by Gasteiger charge is -2.05. The minimum Gasteiger partial charge on any atom is -0.325 e. The Bertz CT molecular complexity index is 1240. The highest BCUT2D eigenvalue weighted by molar-refractivity contribution is 7.99. The van der Waals surface area contributed by atoms with Crippen molar-refractivity contribution < 1.29 is 9.59 Å². The van der Waals surface area contributed by atoms with Gasteiger partial charge in [-0.15, -0.1) is 21.5 Å². The number of rotatable bonds is 7. The lowest BCUT2D eigenvalue weighted by atomic mass is 10.1. The first-order valence-electron chi connectivity index (χ1n) is 9.75. The van der Waals surface area contributed by atoms with E-state index in [1.807, 2.05) is 31.2 Å². The number of ketones is 1. The van der Waals surface area contributed by atoms with Crippen molar-refractivity contribution in [3.05, 3.63) is 72.2 Å². The summed E-state index contributed by atoms with van der Waals surface area (Å²) < 4.78 is 0. The van der Waals surface area contributed by atoms with Crippen molar-refractivity contribution in [3.63, 3.8) is 0 Å². The Labute approximate surface area is 193 Å². The minimum absolute atomic E-state index is 0.0118. The highest BCUT2D eigenvalue weighted by Gasteiger charge is 2.13. The Kier molecular flexibility index (Phi) is 6.67. The normalized spacial score (nSPS) is 10.7. The zero-order valence-corrected chi connectivity index (χ0v) is 19.0. The number of amides is 1. The van der Waals surface area contributed by atoms with Gasteiger partial charge in [0.05, 0.1) is 16.3 Å². The molecule has 0 saturated heterocycles.